The molecule has 33 heavy (non-hydrogen) atoms. The monoisotopic (exact) mass is 491 g/mol. The molecule has 0 aliphatic carbocycles. The molecule has 0 atom stereocenters. The van der Waals surface area contributed by atoms with E-state index >= 15 is 0 Å². The third kappa shape index (κ3) is 7.22. The van der Waals surface area contributed by atoms with Gasteiger partial charge in [-0.1, -0.05) is 41.9 Å². The SMILES string of the molecule is COc1cc(N)c(Cl)cc1C(=O)NCC1CCN(CCC(Cc2ccccc2)=S(=O)=O)CC1. The number of hydrogen-bond donors (Lipinski definition) is 2. The van der Waals surface area contributed by atoms with E-state index in [0.29, 0.717) is 52.2 Å². The molecule has 1 aliphatic heterocycles. The van der Waals surface area contributed by atoms with Gasteiger partial charge in [0.25, 0.3) is 5.91 Å². The molecule has 1 fully saturated rings. The van der Waals surface area contributed by atoms with Gasteiger partial charge in [-0.25, -0.2) is 0 Å². The third-order valence-electron chi connectivity index (χ3n) is 6.01. The Morgan fingerprint density at radius 3 is 2.55 bits per heavy atom. The van der Waals surface area contributed by atoms with Gasteiger partial charge in [0.05, 0.1) is 28.2 Å². The number of nitrogens with zero attached hydrogens (tertiary/aromatic N) is 1. The van der Waals surface area contributed by atoms with Gasteiger partial charge in [-0.3, -0.25) is 4.79 Å². The Morgan fingerprint density at radius 1 is 1.21 bits per heavy atom. The van der Waals surface area contributed by atoms with Gasteiger partial charge in [-0.05, 0) is 49.9 Å². The number of anilines is 1. The van der Waals surface area contributed by atoms with Crippen molar-refractivity contribution in [3.8, 4) is 5.75 Å². The Balaban J connectivity index is 1.45. The summed E-state index contributed by atoms with van der Waals surface area (Å²) in [5.74, 6) is 0.513. The van der Waals surface area contributed by atoms with Gasteiger partial charge in [0.1, 0.15) is 5.75 Å². The molecule has 7 nitrogen and oxygen atoms in total. The number of benzene rings is 2. The zero-order chi connectivity index (χ0) is 23.8. The van der Waals surface area contributed by atoms with E-state index in [-0.39, 0.29) is 5.91 Å². The summed E-state index contributed by atoms with van der Waals surface area (Å²) in [7, 11) is -0.696. The summed E-state index contributed by atoms with van der Waals surface area (Å²) < 4.78 is 28.6. The first-order valence-corrected chi connectivity index (χ1v) is 12.4. The Morgan fingerprint density at radius 2 is 1.91 bits per heavy atom. The van der Waals surface area contributed by atoms with E-state index < -0.39 is 10.3 Å². The number of carbonyl (C=O) groups is 1. The lowest BCUT2D eigenvalue weighted by Crippen LogP contribution is -2.39. The van der Waals surface area contributed by atoms with E-state index in [4.69, 9.17) is 22.1 Å². The van der Waals surface area contributed by atoms with E-state index in [0.717, 1.165) is 38.0 Å². The molecular weight excluding hydrogens is 462 g/mol. The molecule has 0 saturated carbocycles. The van der Waals surface area contributed by atoms with Crippen LogP contribution in [0.5, 0.6) is 5.75 Å². The minimum Gasteiger partial charge on any atom is -0.496 e. The Bertz CT molecular complexity index is 1090. The van der Waals surface area contributed by atoms with Crippen molar-refractivity contribution in [3.05, 3.63) is 58.6 Å². The van der Waals surface area contributed by atoms with Crippen LogP contribution < -0.4 is 15.8 Å². The highest BCUT2D eigenvalue weighted by molar-refractivity contribution is 7.73. The van der Waals surface area contributed by atoms with Crippen LogP contribution in [0.4, 0.5) is 5.69 Å². The second kappa shape index (κ2) is 12.1. The van der Waals surface area contributed by atoms with Crippen LogP contribution in [0, 0.1) is 5.92 Å². The van der Waals surface area contributed by atoms with E-state index in [1.807, 2.05) is 30.3 Å². The van der Waals surface area contributed by atoms with Crippen molar-refractivity contribution in [2.45, 2.75) is 25.7 Å². The third-order valence-corrected chi connectivity index (χ3v) is 7.16. The first-order valence-electron chi connectivity index (χ1n) is 11.0. The number of ether oxygens (including phenoxy) is 1. The van der Waals surface area contributed by atoms with Crippen molar-refractivity contribution in [1.29, 1.82) is 0 Å². The van der Waals surface area contributed by atoms with E-state index in [2.05, 4.69) is 10.2 Å². The standard InChI is InChI=1S/C24H30ClN3O4S/c1-32-23-15-22(26)21(25)14-20(23)24(29)27-16-18-7-10-28(11-8-18)12-9-19(33(30)31)13-17-5-3-2-4-6-17/h2-6,14-15,18H,7-13,16,26H2,1H3,(H,27,29). The molecule has 1 heterocycles. The van der Waals surface area contributed by atoms with Gasteiger partial charge < -0.3 is 20.7 Å². The maximum absolute atomic E-state index is 12.6. The molecule has 0 bridgehead atoms. The number of nitrogen functional groups attached to an aromatic ring is 1. The van der Waals surface area contributed by atoms with Crippen LogP contribution in [0.3, 0.4) is 0 Å². The molecule has 3 rings (SSSR count). The Kier molecular flexibility index (Phi) is 9.17. The fraction of sp³-hybridized carbons (Fsp3) is 0.417. The maximum atomic E-state index is 12.6. The number of amides is 1. The van der Waals surface area contributed by atoms with Crippen molar-refractivity contribution in [2.24, 2.45) is 5.92 Å². The highest BCUT2D eigenvalue weighted by Gasteiger charge is 2.21. The summed E-state index contributed by atoms with van der Waals surface area (Å²) in [6, 6.07) is 12.7. The summed E-state index contributed by atoms with van der Waals surface area (Å²) >= 11 is 6.06. The average molecular weight is 492 g/mol. The number of hydrogen-bond acceptors (Lipinski definition) is 6. The Hall–Kier alpha value is -2.55. The van der Waals surface area contributed by atoms with Crippen molar-refractivity contribution < 1.29 is 17.9 Å². The van der Waals surface area contributed by atoms with E-state index in [9.17, 15) is 13.2 Å². The number of nitrogens with two attached hydrogens (primary N) is 1. The largest absolute Gasteiger partial charge is 0.496 e. The van der Waals surface area contributed by atoms with Crippen molar-refractivity contribution in [1.82, 2.24) is 10.2 Å². The van der Waals surface area contributed by atoms with Crippen LogP contribution in [0.25, 0.3) is 0 Å². The van der Waals surface area contributed by atoms with Gasteiger partial charge in [0.15, 0.2) is 0 Å². The molecule has 1 aliphatic rings. The number of nitrogens with one attached hydrogen (secondary N) is 1. The van der Waals surface area contributed by atoms with Gasteiger partial charge >= 0.3 is 0 Å². The number of carbonyl (C=O) groups excluding carboxylic acids is 1. The highest BCUT2D eigenvalue weighted by Crippen LogP contribution is 2.29. The van der Waals surface area contributed by atoms with Gasteiger partial charge in [-0.2, -0.15) is 8.42 Å². The molecule has 2 aromatic carbocycles. The van der Waals surface area contributed by atoms with E-state index in [1.165, 1.54) is 13.2 Å². The lowest BCUT2D eigenvalue weighted by molar-refractivity contribution is 0.0933. The fourth-order valence-electron chi connectivity index (χ4n) is 4.00. The van der Waals surface area contributed by atoms with Gasteiger partial charge in [0.2, 0.25) is 10.3 Å². The maximum Gasteiger partial charge on any atom is 0.255 e. The van der Waals surface area contributed by atoms with Crippen LogP contribution in [0.15, 0.2) is 42.5 Å². The second-order valence-corrected chi connectivity index (χ2v) is 9.71. The second-order valence-electron chi connectivity index (χ2n) is 8.25. The number of rotatable bonds is 9. The first kappa shape index (κ1) is 25.1. The van der Waals surface area contributed by atoms with Gasteiger partial charge in [-0.15, -0.1) is 0 Å². The first-order chi connectivity index (χ1) is 15.9. The average Bonchev–Trinajstić information content (AvgIpc) is 2.82. The minimum atomic E-state index is -2.18. The van der Waals surface area contributed by atoms with Crippen LogP contribution >= 0.6 is 11.6 Å². The highest BCUT2D eigenvalue weighted by atomic mass is 35.5. The molecule has 0 aromatic heterocycles. The quantitative estimate of drug-likeness (QED) is 0.413. The number of methoxy groups -OCH3 is 1. The molecule has 178 valence electrons. The minimum absolute atomic E-state index is 0.241. The zero-order valence-electron chi connectivity index (χ0n) is 18.7. The molecule has 9 heteroatoms. The lowest BCUT2D eigenvalue weighted by atomic mass is 9.96. The summed E-state index contributed by atoms with van der Waals surface area (Å²) in [5.41, 5.74) is 7.51. The van der Waals surface area contributed by atoms with Crippen molar-refractivity contribution >= 4 is 38.4 Å². The zero-order valence-corrected chi connectivity index (χ0v) is 20.3. The molecule has 3 N–H and O–H groups in total. The summed E-state index contributed by atoms with van der Waals surface area (Å²) in [6.45, 7) is 3.04. The molecular formula is C24H30ClN3O4S. The summed E-state index contributed by atoms with van der Waals surface area (Å²) in [6.07, 6.45) is 2.87. The van der Waals surface area contributed by atoms with Crippen LogP contribution in [0.1, 0.15) is 35.2 Å². The van der Waals surface area contributed by atoms with Gasteiger partial charge in [0, 0.05) is 25.6 Å². The predicted molar refractivity (Wildman–Crippen MR) is 133 cm³/mol. The molecule has 1 saturated heterocycles. The predicted octanol–water partition coefficient (Wildman–Crippen LogP) is 3.06. The van der Waals surface area contributed by atoms with Crippen molar-refractivity contribution in [3.63, 3.8) is 0 Å². The smallest absolute Gasteiger partial charge is 0.255 e. The molecule has 0 spiro atoms. The normalized spacial score (nSPS) is 14.6. The number of piperidine rings is 1. The fourth-order valence-corrected chi connectivity index (χ4v) is 4.70. The van der Waals surface area contributed by atoms with Crippen molar-refractivity contribution in [2.75, 3.05) is 39.0 Å². The van der Waals surface area contributed by atoms with Crippen LogP contribution in [-0.2, 0) is 16.7 Å². The Labute approximate surface area is 201 Å². The molecule has 2 aromatic rings. The van der Waals surface area contributed by atoms with Crippen LogP contribution in [-0.4, -0.2) is 57.4 Å². The summed E-state index contributed by atoms with van der Waals surface area (Å²) in [4.78, 5) is 15.4. The molecule has 0 radical (unpaired) electrons. The summed E-state index contributed by atoms with van der Waals surface area (Å²) in [5, 5.41) is 3.29. The van der Waals surface area contributed by atoms with E-state index in [1.54, 1.807) is 6.07 Å². The molecule has 0 unspecified atom stereocenters. The van der Waals surface area contributed by atoms with Crippen LogP contribution in [0.2, 0.25) is 5.02 Å². The number of likely N-dealkylation sites (tertiary alicyclic amines) is 1. The number of halogens is 1. The topological polar surface area (TPSA) is 102 Å². The lowest BCUT2D eigenvalue weighted by Gasteiger charge is -2.32. The molecule has 1 amide bonds.